The van der Waals surface area contributed by atoms with Crippen LogP contribution in [0.2, 0.25) is 5.02 Å². The molecule has 0 radical (unpaired) electrons. The van der Waals surface area contributed by atoms with Crippen molar-refractivity contribution in [2.75, 3.05) is 6.79 Å². The Labute approximate surface area is 81.4 Å². The molecular formula is C9H10ClNO2. The van der Waals surface area contributed by atoms with Gasteiger partial charge in [-0.2, -0.15) is 0 Å². The number of halogens is 1. The quantitative estimate of drug-likeness (QED) is 0.753. The van der Waals surface area contributed by atoms with Crippen LogP contribution < -0.4 is 15.2 Å². The Kier molecular flexibility index (Phi) is 2.06. The average Bonchev–Trinajstić information content (AvgIpc) is 2.49. The summed E-state index contributed by atoms with van der Waals surface area (Å²) in [6, 6.07) is 3.43. The van der Waals surface area contributed by atoms with Crippen LogP contribution in [0.3, 0.4) is 0 Å². The monoisotopic (exact) mass is 199 g/mol. The first-order valence-electron chi connectivity index (χ1n) is 4.03. The van der Waals surface area contributed by atoms with Crippen molar-refractivity contribution in [2.24, 2.45) is 5.73 Å². The molecule has 2 N–H and O–H groups in total. The second-order valence-corrected chi connectivity index (χ2v) is 3.45. The summed E-state index contributed by atoms with van der Waals surface area (Å²) in [5.41, 5.74) is 6.65. The van der Waals surface area contributed by atoms with Crippen LogP contribution in [0.5, 0.6) is 11.5 Å². The van der Waals surface area contributed by atoms with Crippen LogP contribution in [0.25, 0.3) is 0 Å². The van der Waals surface area contributed by atoms with Crippen LogP contribution in [0.1, 0.15) is 18.5 Å². The van der Waals surface area contributed by atoms with Crippen molar-refractivity contribution in [3.63, 3.8) is 0 Å². The van der Waals surface area contributed by atoms with Gasteiger partial charge in [0, 0.05) is 22.7 Å². The second-order valence-electron chi connectivity index (χ2n) is 3.02. The summed E-state index contributed by atoms with van der Waals surface area (Å²) in [6.45, 7) is 2.13. The molecule has 0 aliphatic carbocycles. The normalized spacial score (nSPS) is 15.9. The zero-order chi connectivity index (χ0) is 9.42. The molecule has 13 heavy (non-hydrogen) atoms. The van der Waals surface area contributed by atoms with E-state index in [4.69, 9.17) is 26.8 Å². The highest BCUT2D eigenvalue weighted by molar-refractivity contribution is 6.30. The van der Waals surface area contributed by atoms with Crippen molar-refractivity contribution in [1.82, 2.24) is 0 Å². The van der Waals surface area contributed by atoms with E-state index in [-0.39, 0.29) is 12.8 Å². The van der Waals surface area contributed by atoms with Gasteiger partial charge < -0.3 is 15.2 Å². The Morgan fingerprint density at radius 2 is 2.23 bits per heavy atom. The van der Waals surface area contributed by atoms with Gasteiger partial charge in [0.05, 0.1) is 0 Å². The van der Waals surface area contributed by atoms with Crippen molar-refractivity contribution < 1.29 is 9.47 Å². The second kappa shape index (κ2) is 3.09. The molecule has 1 heterocycles. The molecule has 70 valence electrons. The zero-order valence-corrected chi connectivity index (χ0v) is 7.97. The molecule has 1 atom stereocenters. The molecule has 1 aromatic carbocycles. The van der Waals surface area contributed by atoms with E-state index in [1.165, 1.54) is 0 Å². The van der Waals surface area contributed by atoms with Crippen molar-refractivity contribution in [2.45, 2.75) is 13.0 Å². The zero-order valence-electron chi connectivity index (χ0n) is 7.21. The number of nitrogens with two attached hydrogens (primary N) is 1. The van der Waals surface area contributed by atoms with Gasteiger partial charge in [0.1, 0.15) is 0 Å². The third-order valence-electron chi connectivity index (χ3n) is 1.96. The number of hydrogen-bond donors (Lipinski definition) is 1. The summed E-state index contributed by atoms with van der Waals surface area (Å²) in [7, 11) is 0. The summed E-state index contributed by atoms with van der Waals surface area (Å²) < 4.78 is 10.5. The number of benzene rings is 1. The summed E-state index contributed by atoms with van der Waals surface area (Å²) in [4.78, 5) is 0. The highest BCUT2D eigenvalue weighted by atomic mass is 35.5. The van der Waals surface area contributed by atoms with Crippen LogP contribution in [0, 0.1) is 0 Å². The number of hydrogen-bond acceptors (Lipinski definition) is 3. The van der Waals surface area contributed by atoms with Gasteiger partial charge in [-0.3, -0.25) is 0 Å². The lowest BCUT2D eigenvalue weighted by atomic mass is 10.1. The van der Waals surface area contributed by atoms with E-state index in [0.717, 1.165) is 11.3 Å². The molecule has 1 aliphatic heterocycles. The summed E-state index contributed by atoms with van der Waals surface area (Å²) >= 11 is 5.88. The Hall–Kier alpha value is -0.930. The molecule has 4 heteroatoms. The molecule has 1 aliphatic rings. The average molecular weight is 200 g/mol. The minimum atomic E-state index is -0.103. The Morgan fingerprint density at radius 1 is 1.46 bits per heavy atom. The topological polar surface area (TPSA) is 44.5 Å². The molecule has 0 saturated carbocycles. The SMILES string of the molecule is CC(N)c1cc(Cl)cc2c1OCO2. The van der Waals surface area contributed by atoms with E-state index < -0.39 is 0 Å². The van der Waals surface area contributed by atoms with E-state index in [1.54, 1.807) is 12.1 Å². The largest absolute Gasteiger partial charge is 0.454 e. The van der Waals surface area contributed by atoms with Gasteiger partial charge in [-0.1, -0.05) is 11.6 Å². The Bertz CT molecular complexity index is 339. The maximum Gasteiger partial charge on any atom is 0.231 e. The molecule has 1 aromatic rings. The van der Waals surface area contributed by atoms with Gasteiger partial charge in [0.25, 0.3) is 0 Å². The van der Waals surface area contributed by atoms with E-state index >= 15 is 0 Å². The minimum absolute atomic E-state index is 0.103. The predicted molar refractivity (Wildman–Crippen MR) is 50.2 cm³/mol. The first kappa shape index (κ1) is 8.66. The lowest BCUT2D eigenvalue weighted by Crippen LogP contribution is -2.06. The molecule has 0 saturated heterocycles. The molecule has 0 fully saturated rings. The Balaban J connectivity index is 2.55. The lowest BCUT2D eigenvalue weighted by molar-refractivity contribution is 0.173. The third-order valence-corrected chi connectivity index (χ3v) is 2.17. The van der Waals surface area contributed by atoms with Crippen LogP contribution in [-0.2, 0) is 0 Å². The van der Waals surface area contributed by atoms with Gasteiger partial charge in [0.2, 0.25) is 6.79 Å². The minimum Gasteiger partial charge on any atom is -0.454 e. The van der Waals surface area contributed by atoms with Gasteiger partial charge in [0.15, 0.2) is 11.5 Å². The molecule has 1 unspecified atom stereocenters. The van der Waals surface area contributed by atoms with E-state index in [1.807, 2.05) is 6.92 Å². The maximum atomic E-state index is 5.88. The number of fused-ring (bicyclic) bond motifs is 1. The molecule has 2 rings (SSSR count). The van der Waals surface area contributed by atoms with Crippen LogP contribution in [0.15, 0.2) is 12.1 Å². The van der Waals surface area contributed by atoms with E-state index in [0.29, 0.717) is 10.8 Å². The molecule has 3 nitrogen and oxygen atoms in total. The number of rotatable bonds is 1. The lowest BCUT2D eigenvalue weighted by Gasteiger charge is -2.09. The molecule has 0 bridgehead atoms. The van der Waals surface area contributed by atoms with E-state index in [2.05, 4.69) is 0 Å². The number of ether oxygens (including phenoxy) is 2. The van der Waals surface area contributed by atoms with Gasteiger partial charge >= 0.3 is 0 Å². The standard InChI is InChI=1S/C9H10ClNO2/c1-5(11)7-2-6(10)3-8-9(7)13-4-12-8/h2-3,5H,4,11H2,1H3. The highest BCUT2D eigenvalue weighted by Gasteiger charge is 2.20. The summed E-state index contributed by atoms with van der Waals surface area (Å²) in [5.74, 6) is 1.40. The summed E-state index contributed by atoms with van der Waals surface area (Å²) in [6.07, 6.45) is 0. The van der Waals surface area contributed by atoms with Gasteiger partial charge in [-0.25, -0.2) is 0 Å². The van der Waals surface area contributed by atoms with Crippen LogP contribution in [0.4, 0.5) is 0 Å². The third kappa shape index (κ3) is 1.45. The molecular weight excluding hydrogens is 190 g/mol. The fraction of sp³-hybridized carbons (Fsp3) is 0.333. The molecule has 0 spiro atoms. The van der Waals surface area contributed by atoms with Gasteiger partial charge in [-0.15, -0.1) is 0 Å². The first-order chi connectivity index (χ1) is 6.18. The predicted octanol–water partition coefficient (Wildman–Crippen LogP) is 2.09. The van der Waals surface area contributed by atoms with E-state index in [9.17, 15) is 0 Å². The van der Waals surface area contributed by atoms with Crippen LogP contribution in [-0.4, -0.2) is 6.79 Å². The molecule has 0 aromatic heterocycles. The maximum absolute atomic E-state index is 5.88. The van der Waals surface area contributed by atoms with Gasteiger partial charge in [-0.05, 0) is 13.0 Å². The first-order valence-corrected chi connectivity index (χ1v) is 4.41. The molecule has 0 amide bonds. The highest BCUT2D eigenvalue weighted by Crippen LogP contribution is 2.40. The van der Waals surface area contributed by atoms with Crippen LogP contribution >= 0.6 is 11.6 Å². The summed E-state index contributed by atoms with van der Waals surface area (Å²) in [5, 5.41) is 0.622. The fourth-order valence-electron chi connectivity index (χ4n) is 1.34. The van der Waals surface area contributed by atoms with Crippen molar-refractivity contribution >= 4 is 11.6 Å². The van der Waals surface area contributed by atoms with Crippen molar-refractivity contribution in [3.05, 3.63) is 22.7 Å². The smallest absolute Gasteiger partial charge is 0.231 e. The van der Waals surface area contributed by atoms with Crippen molar-refractivity contribution in [3.8, 4) is 11.5 Å². The van der Waals surface area contributed by atoms with Crippen molar-refractivity contribution in [1.29, 1.82) is 0 Å². The fourth-order valence-corrected chi connectivity index (χ4v) is 1.56. The Morgan fingerprint density at radius 3 is 2.92 bits per heavy atom.